The Labute approximate surface area is 180 Å². The number of halogens is 1. The fourth-order valence-electron chi connectivity index (χ4n) is 3.74. The largest absolute Gasteiger partial charge is 0.456 e. The van der Waals surface area contributed by atoms with Crippen molar-refractivity contribution in [2.75, 3.05) is 37.7 Å². The summed E-state index contributed by atoms with van der Waals surface area (Å²) in [6, 6.07) is 17.7. The predicted molar refractivity (Wildman–Crippen MR) is 118 cm³/mol. The highest BCUT2D eigenvalue weighted by Gasteiger charge is 2.22. The molecule has 2 aromatic carbocycles. The molecule has 1 aromatic heterocycles. The van der Waals surface area contributed by atoms with Gasteiger partial charge in [-0.1, -0.05) is 35.9 Å². The molecule has 1 aliphatic rings. The van der Waals surface area contributed by atoms with Crippen LogP contribution in [-0.4, -0.2) is 54.1 Å². The number of esters is 1. The van der Waals surface area contributed by atoms with Gasteiger partial charge in [0.15, 0.2) is 6.61 Å². The topological polar surface area (TPSA) is 54.8 Å². The number of hydrogen-bond donors (Lipinski definition) is 0. The summed E-state index contributed by atoms with van der Waals surface area (Å²) < 4.78 is 7.24. The molecule has 0 atom stereocenters. The Morgan fingerprint density at radius 1 is 0.967 bits per heavy atom. The molecule has 1 aliphatic heterocycles. The number of aryl methyl sites for hydroxylation is 1. The first kappa shape index (κ1) is 20.3. The molecule has 156 valence electrons. The monoisotopic (exact) mass is 425 g/mol. The number of hydrogen-bond acceptors (Lipinski definition) is 4. The third-order valence-corrected chi connectivity index (χ3v) is 5.63. The van der Waals surface area contributed by atoms with E-state index in [0.717, 1.165) is 29.7 Å². The molecule has 4 rings (SSSR count). The standard InChI is InChI=1S/C23H24ClN3O3/c24-19-5-3-6-20(16-19)25-12-14-27(15-13-25)22(28)17-30-23(29)9-11-26-10-8-18-4-1-2-7-21(18)26/h1-8,10,16H,9,11-15,17H2. The third kappa shape index (κ3) is 4.76. The van der Waals surface area contributed by atoms with Crippen molar-refractivity contribution in [2.45, 2.75) is 13.0 Å². The van der Waals surface area contributed by atoms with Gasteiger partial charge < -0.3 is 19.1 Å². The number of rotatable bonds is 6. The zero-order chi connectivity index (χ0) is 20.9. The molecule has 0 saturated carbocycles. The van der Waals surface area contributed by atoms with Crippen LogP contribution in [0.25, 0.3) is 10.9 Å². The molecule has 7 heteroatoms. The Morgan fingerprint density at radius 2 is 1.77 bits per heavy atom. The third-order valence-electron chi connectivity index (χ3n) is 5.40. The van der Waals surface area contributed by atoms with Crippen molar-refractivity contribution in [1.82, 2.24) is 9.47 Å². The Bertz CT molecular complexity index is 1040. The minimum Gasteiger partial charge on any atom is -0.456 e. The molecule has 6 nitrogen and oxygen atoms in total. The summed E-state index contributed by atoms with van der Waals surface area (Å²) in [4.78, 5) is 28.5. The van der Waals surface area contributed by atoms with Crippen LogP contribution in [0.1, 0.15) is 6.42 Å². The molecule has 0 aliphatic carbocycles. The van der Waals surface area contributed by atoms with Gasteiger partial charge in [0, 0.05) is 55.1 Å². The average Bonchev–Trinajstić information content (AvgIpc) is 3.19. The highest BCUT2D eigenvalue weighted by atomic mass is 35.5. The maximum absolute atomic E-state index is 12.4. The van der Waals surface area contributed by atoms with E-state index in [2.05, 4.69) is 4.90 Å². The minimum absolute atomic E-state index is 0.152. The quantitative estimate of drug-likeness (QED) is 0.566. The fourth-order valence-corrected chi connectivity index (χ4v) is 3.92. The highest BCUT2D eigenvalue weighted by Crippen LogP contribution is 2.21. The lowest BCUT2D eigenvalue weighted by Crippen LogP contribution is -2.49. The second-order valence-electron chi connectivity index (χ2n) is 7.33. The number of piperazine rings is 1. The zero-order valence-corrected chi connectivity index (χ0v) is 17.4. The van der Waals surface area contributed by atoms with Crippen molar-refractivity contribution in [3.05, 3.63) is 65.8 Å². The molecule has 0 unspecified atom stereocenters. The molecule has 0 bridgehead atoms. The summed E-state index contributed by atoms with van der Waals surface area (Å²) in [6.07, 6.45) is 2.19. The minimum atomic E-state index is -0.362. The summed E-state index contributed by atoms with van der Waals surface area (Å²) in [7, 11) is 0. The first-order valence-corrected chi connectivity index (χ1v) is 10.5. The lowest BCUT2D eigenvalue weighted by atomic mass is 10.2. The van der Waals surface area contributed by atoms with Crippen LogP contribution in [0.3, 0.4) is 0 Å². The zero-order valence-electron chi connectivity index (χ0n) is 16.7. The van der Waals surface area contributed by atoms with Gasteiger partial charge in [-0.25, -0.2) is 0 Å². The smallest absolute Gasteiger partial charge is 0.308 e. The van der Waals surface area contributed by atoms with E-state index in [1.165, 1.54) is 0 Å². The van der Waals surface area contributed by atoms with E-state index >= 15 is 0 Å². The van der Waals surface area contributed by atoms with Gasteiger partial charge in [0.2, 0.25) is 0 Å². The van der Waals surface area contributed by atoms with E-state index in [1.807, 2.05) is 65.4 Å². The SMILES string of the molecule is O=C(CCn1ccc2ccccc21)OCC(=O)N1CCN(c2cccc(Cl)c2)CC1. The Morgan fingerprint density at radius 3 is 2.57 bits per heavy atom. The second kappa shape index (κ2) is 9.22. The van der Waals surface area contributed by atoms with Crippen molar-refractivity contribution in [3.8, 4) is 0 Å². The number of benzene rings is 2. The highest BCUT2D eigenvalue weighted by molar-refractivity contribution is 6.30. The molecule has 1 amide bonds. The maximum Gasteiger partial charge on any atom is 0.308 e. The van der Waals surface area contributed by atoms with Gasteiger partial charge in [0.25, 0.3) is 5.91 Å². The fraction of sp³-hybridized carbons (Fsp3) is 0.304. The number of aromatic nitrogens is 1. The number of carbonyl (C=O) groups excluding carboxylic acids is 2. The molecular formula is C23H24ClN3O3. The Balaban J connectivity index is 1.20. The van der Waals surface area contributed by atoms with E-state index in [1.54, 1.807) is 4.90 Å². The molecule has 30 heavy (non-hydrogen) atoms. The first-order valence-electron chi connectivity index (χ1n) is 10.1. The molecule has 2 heterocycles. The van der Waals surface area contributed by atoms with Gasteiger partial charge in [-0.2, -0.15) is 0 Å². The van der Waals surface area contributed by atoms with E-state index < -0.39 is 0 Å². The van der Waals surface area contributed by atoms with Crippen LogP contribution < -0.4 is 4.90 Å². The second-order valence-corrected chi connectivity index (χ2v) is 7.76. The van der Waals surface area contributed by atoms with Crippen LogP contribution in [0.2, 0.25) is 5.02 Å². The van der Waals surface area contributed by atoms with Crippen molar-refractivity contribution in [3.63, 3.8) is 0 Å². The summed E-state index contributed by atoms with van der Waals surface area (Å²) >= 11 is 6.06. The van der Waals surface area contributed by atoms with Crippen molar-refractivity contribution in [2.24, 2.45) is 0 Å². The summed E-state index contributed by atoms with van der Waals surface area (Å²) in [5.74, 6) is -0.515. The Kier molecular flexibility index (Phi) is 6.23. The van der Waals surface area contributed by atoms with E-state index in [-0.39, 0.29) is 24.9 Å². The van der Waals surface area contributed by atoms with Crippen LogP contribution >= 0.6 is 11.6 Å². The van der Waals surface area contributed by atoms with E-state index in [4.69, 9.17) is 16.3 Å². The van der Waals surface area contributed by atoms with E-state index in [0.29, 0.717) is 24.7 Å². The molecule has 1 fully saturated rings. The number of fused-ring (bicyclic) bond motifs is 1. The number of nitrogens with zero attached hydrogens (tertiary/aromatic N) is 3. The molecule has 0 N–H and O–H groups in total. The number of ether oxygens (including phenoxy) is 1. The molecule has 3 aromatic rings. The normalized spacial score (nSPS) is 14.2. The molecular weight excluding hydrogens is 402 g/mol. The molecule has 0 radical (unpaired) electrons. The summed E-state index contributed by atoms with van der Waals surface area (Å²) in [6.45, 7) is 2.96. The lowest BCUT2D eigenvalue weighted by Gasteiger charge is -2.36. The van der Waals surface area contributed by atoms with Crippen LogP contribution in [0.4, 0.5) is 5.69 Å². The number of carbonyl (C=O) groups is 2. The van der Waals surface area contributed by atoms with Crippen LogP contribution in [-0.2, 0) is 20.9 Å². The van der Waals surface area contributed by atoms with E-state index in [9.17, 15) is 9.59 Å². The van der Waals surface area contributed by atoms with Crippen LogP contribution in [0.5, 0.6) is 0 Å². The Hall–Kier alpha value is -2.99. The maximum atomic E-state index is 12.4. The summed E-state index contributed by atoms with van der Waals surface area (Å²) in [5, 5.41) is 1.84. The number of amides is 1. The lowest BCUT2D eigenvalue weighted by molar-refractivity contribution is -0.152. The summed E-state index contributed by atoms with van der Waals surface area (Å²) in [5.41, 5.74) is 2.14. The number of anilines is 1. The average molecular weight is 426 g/mol. The molecule has 0 spiro atoms. The van der Waals surface area contributed by atoms with Crippen molar-refractivity contribution in [1.29, 1.82) is 0 Å². The first-order chi connectivity index (χ1) is 14.6. The number of para-hydroxylation sites is 1. The van der Waals surface area contributed by atoms with Crippen LogP contribution in [0, 0.1) is 0 Å². The van der Waals surface area contributed by atoms with Gasteiger partial charge in [-0.15, -0.1) is 0 Å². The van der Waals surface area contributed by atoms with Crippen molar-refractivity contribution < 1.29 is 14.3 Å². The molecule has 1 saturated heterocycles. The van der Waals surface area contributed by atoms with Crippen LogP contribution in [0.15, 0.2) is 60.8 Å². The van der Waals surface area contributed by atoms with Gasteiger partial charge in [-0.3, -0.25) is 9.59 Å². The van der Waals surface area contributed by atoms with Gasteiger partial charge in [0.05, 0.1) is 6.42 Å². The van der Waals surface area contributed by atoms with Gasteiger partial charge >= 0.3 is 5.97 Å². The predicted octanol–water partition coefficient (Wildman–Crippen LogP) is 3.58. The van der Waals surface area contributed by atoms with Gasteiger partial charge in [0.1, 0.15) is 0 Å². The van der Waals surface area contributed by atoms with Crippen molar-refractivity contribution >= 4 is 40.1 Å². The van der Waals surface area contributed by atoms with Gasteiger partial charge in [-0.05, 0) is 35.7 Å².